The van der Waals surface area contributed by atoms with Gasteiger partial charge in [0.05, 0.1) is 17.2 Å². The number of aryl methyl sites for hydroxylation is 1. The van der Waals surface area contributed by atoms with E-state index in [0.717, 1.165) is 24.0 Å². The van der Waals surface area contributed by atoms with Crippen LogP contribution < -0.4 is 10.6 Å². The summed E-state index contributed by atoms with van der Waals surface area (Å²) < 4.78 is 0. The summed E-state index contributed by atoms with van der Waals surface area (Å²) in [7, 11) is 0. The topological polar surface area (TPSA) is 78.5 Å². The zero-order valence-electron chi connectivity index (χ0n) is 17.6. The van der Waals surface area contributed by atoms with Crippen molar-refractivity contribution in [1.82, 2.24) is 10.2 Å². The van der Waals surface area contributed by atoms with Crippen LogP contribution in [0, 0.1) is 12.8 Å². The number of nitrogens with zero attached hydrogens (tertiary/aromatic N) is 1. The molecule has 6 heteroatoms. The molecular formula is C24H29N3O3. The summed E-state index contributed by atoms with van der Waals surface area (Å²) in [5.74, 6) is -0.842. The second-order valence-electron chi connectivity index (χ2n) is 7.80. The minimum atomic E-state index is -0.391. The molecule has 3 rings (SSSR count). The highest BCUT2D eigenvalue weighted by molar-refractivity contribution is 6.05. The second-order valence-corrected chi connectivity index (χ2v) is 7.80. The largest absolute Gasteiger partial charge is 0.348 e. The smallest absolute Gasteiger partial charge is 0.253 e. The van der Waals surface area contributed by atoms with Crippen molar-refractivity contribution in [2.24, 2.45) is 5.92 Å². The van der Waals surface area contributed by atoms with Gasteiger partial charge in [-0.05, 0) is 31.0 Å². The number of para-hydroxylation sites is 1. The Kier molecular flexibility index (Phi) is 7.22. The maximum atomic E-state index is 12.7. The van der Waals surface area contributed by atoms with Gasteiger partial charge in [0.1, 0.15) is 0 Å². The van der Waals surface area contributed by atoms with Gasteiger partial charge in [-0.3, -0.25) is 14.4 Å². The lowest BCUT2D eigenvalue weighted by atomic mass is 10.1. The van der Waals surface area contributed by atoms with Crippen LogP contribution in [0.4, 0.5) is 5.69 Å². The summed E-state index contributed by atoms with van der Waals surface area (Å²) in [6.07, 6.45) is 2.16. The quantitative estimate of drug-likeness (QED) is 0.703. The van der Waals surface area contributed by atoms with E-state index in [1.165, 1.54) is 0 Å². The standard InChI is InChI=1S/C24H29N3O3/c1-3-4-13-27-16-19(14-22(27)28)23(29)26-21-8-6-5-7-20(21)24(30)25-15-18-11-9-17(2)10-12-18/h5-12,19H,3-4,13-16H2,1-2H3,(H,25,30)(H,26,29). The van der Waals surface area contributed by atoms with Crippen molar-refractivity contribution in [1.29, 1.82) is 0 Å². The van der Waals surface area contributed by atoms with Crippen LogP contribution in [0.5, 0.6) is 0 Å². The molecular weight excluding hydrogens is 378 g/mol. The molecule has 0 aliphatic carbocycles. The molecule has 158 valence electrons. The number of unbranched alkanes of at least 4 members (excludes halogenated alkanes) is 1. The van der Waals surface area contributed by atoms with E-state index in [9.17, 15) is 14.4 Å². The molecule has 30 heavy (non-hydrogen) atoms. The number of benzene rings is 2. The van der Waals surface area contributed by atoms with Crippen LogP contribution >= 0.6 is 0 Å². The number of nitrogens with one attached hydrogen (secondary N) is 2. The number of hydrogen-bond acceptors (Lipinski definition) is 3. The fourth-order valence-corrected chi connectivity index (χ4v) is 3.52. The van der Waals surface area contributed by atoms with E-state index >= 15 is 0 Å². The lowest BCUT2D eigenvalue weighted by Crippen LogP contribution is -2.30. The Bertz CT molecular complexity index is 908. The van der Waals surface area contributed by atoms with Crippen LogP contribution in [-0.4, -0.2) is 35.7 Å². The van der Waals surface area contributed by atoms with E-state index in [2.05, 4.69) is 17.6 Å². The minimum Gasteiger partial charge on any atom is -0.348 e. The molecule has 0 radical (unpaired) electrons. The molecule has 1 unspecified atom stereocenters. The van der Waals surface area contributed by atoms with Gasteiger partial charge >= 0.3 is 0 Å². The lowest BCUT2D eigenvalue weighted by Gasteiger charge is -2.16. The molecule has 1 fully saturated rings. The van der Waals surface area contributed by atoms with Gasteiger partial charge in [0.2, 0.25) is 11.8 Å². The zero-order valence-corrected chi connectivity index (χ0v) is 17.6. The first-order valence-corrected chi connectivity index (χ1v) is 10.5. The first-order valence-electron chi connectivity index (χ1n) is 10.5. The van der Waals surface area contributed by atoms with Crippen LogP contribution in [0.2, 0.25) is 0 Å². The molecule has 0 spiro atoms. The summed E-state index contributed by atoms with van der Waals surface area (Å²) in [5.41, 5.74) is 3.04. The number of carbonyl (C=O) groups excluding carboxylic acids is 3. The van der Waals surface area contributed by atoms with Crippen molar-refractivity contribution in [3.8, 4) is 0 Å². The van der Waals surface area contributed by atoms with Gasteiger partial charge in [0, 0.05) is 26.1 Å². The van der Waals surface area contributed by atoms with Crippen LogP contribution in [0.15, 0.2) is 48.5 Å². The third-order valence-electron chi connectivity index (χ3n) is 5.37. The predicted octanol–water partition coefficient (Wildman–Crippen LogP) is 3.51. The first-order chi connectivity index (χ1) is 14.5. The Hall–Kier alpha value is -3.15. The summed E-state index contributed by atoms with van der Waals surface area (Å²) in [5, 5.41) is 5.76. The van der Waals surface area contributed by atoms with Crippen LogP contribution in [0.1, 0.15) is 47.7 Å². The number of hydrogen-bond donors (Lipinski definition) is 2. The molecule has 2 aromatic rings. The molecule has 0 bridgehead atoms. The predicted molar refractivity (Wildman–Crippen MR) is 117 cm³/mol. The maximum absolute atomic E-state index is 12.7. The summed E-state index contributed by atoms with van der Waals surface area (Å²) in [4.78, 5) is 39.4. The van der Waals surface area contributed by atoms with Gasteiger partial charge in [-0.25, -0.2) is 0 Å². The molecule has 6 nitrogen and oxygen atoms in total. The van der Waals surface area contributed by atoms with E-state index in [1.807, 2.05) is 31.2 Å². The van der Waals surface area contributed by atoms with Gasteiger partial charge in [-0.2, -0.15) is 0 Å². The van der Waals surface area contributed by atoms with Crippen LogP contribution in [0.3, 0.4) is 0 Å². The molecule has 1 aliphatic heterocycles. The monoisotopic (exact) mass is 407 g/mol. The van der Waals surface area contributed by atoms with E-state index in [-0.39, 0.29) is 24.1 Å². The van der Waals surface area contributed by atoms with Gasteiger partial charge in [0.25, 0.3) is 5.91 Å². The van der Waals surface area contributed by atoms with Crippen molar-refractivity contribution in [2.45, 2.75) is 39.7 Å². The van der Waals surface area contributed by atoms with E-state index in [0.29, 0.717) is 30.9 Å². The highest BCUT2D eigenvalue weighted by Gasteiger charge is 2.34. The SMILES string of the molecule is CCCCN1CC(C(=O)Nc2ccccc2C(=O)NCc2ccc(C)cc2)CC1=O. The number of likely N-dealkylation sites (tertiary alicyclic amines) is 1. The Morgan fingerprint density at radius 1 is 1.10 bits per heavy atom. The number of anilines is 1. The average molecular weight is 408 g/mol. The second kappa shape index (κ2) is 10.1. The third kappa shape index (κ3) is 5.47. The van der Waals surface area contributed by atoms with Crippen molar-refractivity contribution in [3.63, 3.8) is 0 Å². The molecule has 1 heterocycles. The molecule has 2 N–H and O–H groups in total. The van der Waals surface area contributed by atoms with Crippen LogP contribution in [-0.2, 0) is 16.1 Å². The number of amides is 3. The third-order valence-corrected chi connectivity index (χ3v) is 5.37. The molecule has 1 saturated heterocycles. The number of carbonyl (C=O) groups is 3. The highest BCUT2D eigenvalue weighted by atomic mass is 16.2. The summed E-state index contributed by atoms with van der Waals surface area (Å²) in [6.45, 7) is 5.63. The first kappa shape index (κ1) is 21.6. The van der Waals surface area contributed by atoms with Crippen molar-refractivity contribution in [3.05, 3.63) is 65.2 Å². The van der Waals surface area contributed by atoms with Crippen LogP contribution in [0.25, 0.3) is 0 Å². The van der Waals surface area contributed by atoms with Crippen molar-refractivity contribution in [2.75, 3.05) is 18.4 Å². The fraction of sp³-hybridized carbons (Fsp3) is 0.375. The van der Waals surface area contributed by atoms with Gasteiger partial charge in [-0.1, -0.05) is 55.3 Å². The molecule has 1 aliphatic rings. The summed E-state index contributed by atoms with van der Waals surface area (Å²) >= 11 is 0. The average Bonchev–Trinajstić information content (AvgIpc) is 3.12. The molecule has 2 aromatic carbocycles. The molecule has 3 amide bonds. The Morgan fingerprint density at radius 2 is 1.83 bits per heavy atom. The van der Waals surface area contributed by atoms with E-state index < -0.39 is 5.92 Å². The maximum Gasteiger partial charge on any atom is 0.253 e. The zero-order chi connectivity index (χ0) is 21.5. The Balaban J connectivity index is 1.62. The number of rotatable bonds is 8. The molecule has 0 aromatic heterocycles. The van der Waals surface area contributed by atoms with Gasteiger partial charge in [0.15, 0.2) is 0 Å². The lowest BCUT2D eigenvalue weighted by molar-refractivity contribution is -0.128. The molecule has 1 atom stereocenters. The van der Waals surface area contributed by atoms with E-state index in [4.69, 9.17) is 0 Å². The summed E-state index contributed by atoms with van der Waals surface area (Å²) in [6, 6.07) is 14.9. The van der Waals surface area contributed by atoms with Crippen molar-refractivity contribution >= 4 is 23.4 Å². The minimum absolute atomic E-state index is 0.0210. The van der Waals surface area contributed by atoms with Crippen molar-refractivity contribution < 1.29 is 14.4 Å². The Labute approximate surface area is 177 Å². The van der Waals surface area contributed by atoms with E-state index in [1.54, 1.807) is 29.2 Å². The fourth-order valence-electron chi connectivity index (χ4n) is 3.52. The van der Waals surface area contributed by atoms with Gasteiger partial charge < -0.3 is 15.5 Å². The van der Waals surface area contributed by atoms with Gasteiger partial charge in [-0.15, -0.1) is 0 Å². The highest BCUT2D eigenvalue weighted by Crippen LogP contribution is 2.22. The molecule has 0 saturated carbocycles. The Morgan fingerprint density at radius 3 is 2.57 bits per heavy atom. The normalized spacial score (nSPS) is 15.9.